The molecule has 0 aromatic heterocycles. The molecule has 0 radical (unpaired) electrons. The van der Waals surface area contributed by atoms with Gasteiger partial charge in [-0.1, -0.05) is 17.7 Å². The first kappa shape index (κ1) is 11.1. The van der Waals surface area contributed by atoms with Crippen LogP contribution in [0.25, 0.3) is 0 Å². The van der Waals surface area contributed by atoms with Crippen molar-refractivity contribution >= 4 is 23.3 Å². The zero-order chi connectivity index (χ0) is 11.4. The molecule has 86 valence electrons. The topological polar surface area (TPSA) is 59.6 Å². The number of aliphatic imine (C=N–C) groups is 1. The van der Waals surface area contributed by atoms with Crippen molar-refractivity contribution in [3.8, 4) is 0 Å². The van der Waals surface area contributed by atoms with Crippen LogP contribution in [0.4, 0.5) is 5.69 Å². The number of hydrogen-bond donors (Lipinski definition) is 2. The van der Waals surface area contributed by atoms with Crippen molar-refractivity contribution in [3.05, 3.63) is 29.3 Å². The lowest BCUT2D eigenvalue weighted by atomic mass is 10.2. The van der Waals surface area contributed by atoms with E-state index in [1.54, 1.807) is 0 Å². The summed E-state index contributed by atoms with van der Waals surface area (Å²) in [5.41, 5.74) is 6.43. The lowest BCUT2D eigenvalue weighted by Crippen LogP contribution is -2.13. The molecule has 0 amide bonds. The second-order valence-electron chi connectivity index (χ2n) is 3.66. The van der Waals surface area contributed by atoms with Crippen molar-refractivity contribution < 1.29 is 4.74 Å². The van der Waals surface area contributed by atoms with Crippen molar-refractivity contribution in [1.29, 1.82) is 0 Å². The fourth-order valence-electron chi connectivity index (χ4n) is 1.57. The second-order valence-corrected chi connectivity index (χ2v) is 4.09. The molecule has 0 fully saturated rings. The lowest BCUT2D eigenvalue weighted by Gasteiger charge is -2.08. The summed E-state index contributed by atoms with van der Waals surface area (Å²) in [6.45, 7) is 1.41. The Labute approximate surface area is 99.5 Å². The van der Waals surface area contributed by atoms with Gasteiger partial charge in [-0.3, -0.25) is 0 Å². The molecule has 5 heteroatoms. The second kappa shape index (κ2) is 5.07. The van der Waals surface area contributed by atoms with Gasteiger partial charge in [-0.05, 0) is 24.6 Å². The Morgan fingerprint density at radius 3 is 3.12 bits per heavy atom. The molecule has 1 aliphatic heterocycles. The summed E-state index contributed by atoms with van der Waals surface area (Å²) in [5.74, 6) is 0. The highest BCUT2D eigenvalue weighted by Crippen LogP contribution is 2.15. The molecule has 16 heavy (non-hydrogen) atoms. The third-order valence-corrected chi connectivity index (χ3v) is 2.60. The first-order valence-corrected chi connectivity index (χ1v) is 5.57. The van der Waals surface area contributed by atoms with Crippen molar-refractivity contribution in [2.75, 3.05) is 18.5 Å². The average molecular weight is 240 g/mol. The quantitative estimate of drug-likeness (QED) is 0.843. The third kappa shape index (κ3) is 3.03. The number of ether oxygens (including phenoxy) is 1. The third-order valence-electron chi connectivity index (χ3n) is 2.36. The van der Waals surface area contributed by atoms with Crippen LogP contribution in [0.15, 0.2) is 29.3 Å². The van der Waals surface area contributed by atoms with Gasteiger partial charge in [-0.25, -0.2) is 4.99 Å². The van der Waals surface area contributed by atoms with Crippen LogP contribution in [0.2, 0.25) is 5.02 Å². The largest absolute Gasteiger partial charge is 0.463 e. The number of benzene rings is 1. The molecule has 0 saturated carbocycles. The van der Waals surface area contributed by atoms with Gasteiger partial charge in [0.15, 0.2) is 0 Å². The van der Waals surface area contributed by atoms with Crippen LogP contribution in [0, 0.1) is 0 Å². The number of halogens is 1. The lowest BCUT2D eigenvalue weighted by molar-refractivity contribution is 0.309. The Hall–Kier alpha value is -1.42. The number of nitrogens with one attached hydrogen (secondary N) is 1. The van der Waals surface area contributed by atoms with E-state index in [1.807, 2.05) is 24.3 Å². The molecule has 1 aromatic rings. The Balaban J connectivity index is 1.76. The van der Waals surface area contributed by atoms with E-state index in [0.29, 0.717) is 12.6 Å². The molecule has 1 atom stereocenters. The fraction of sp³-hybridized carbons (Fsp3) is 0.364. The highest BCUT2D eigenvalue weighted by molar-refractivity contribution is 6.30. The molecule has 2 rings (SSSR count). The van der Waals surface area contributed by atoms with E-state index < -0.39 is 0 Å². The molecule has 1 aromatic carbocycles. The van der Waals surface area contributed by atoms with Crippen LogP contribution in [0.1, 0.15) is 6.42 Å². The van der Waals surface area contributed by atoms with E-state index in [1.165, 1.54) is 0 Å². The average Bonchev–Trinajstić information content (AvgIpc) is 2.64. The summed E-state index contributed by atoms with van der Waals surface area (Å²) < 4.78 is 5.07. The molecular formula is C11H14ClN3O. The van der Waals surface area contributed by atoms with Crippen molar-refractivity contribution in [1.82, 2.24) is 0 Å². The number of rotatable bonds is 4. The maximum atomic E-state index is 5.87. The minimum atomic E-state index is 0.173. The Morgan fingerprint density at radius 1 is 1.56 bits per heavy atom. The van der Waals surface area contributed by atoms with Crippen LogP contribution in [-0.2, 0) is 4.74 Å². The molecule has 0 saturated heterocycles. The zero-order valence-electron chi connectivity index (χ0n) is 8.82. The van der Waals surface area contributed by atoms with Crippen LogP contribution in [-0.4, -0.2) is 25.2 Å². The minimum absolute atomic E-state index is 0.173. The standard InChI is InChI=1S/C11H14ClN3O/c12-8-2-1-3-9(6-8)14-5-4-10-7-16-11(13)15-10/h1-3,6,10,14H,4-5,7H2,(H2,13,15)/t10-/m0/s1. The molecule has 3 N–H and O–H groups in total. The van der Waals surface area contributed by atoms with E-state index in [9.17, 15) is 0 Å². The van der Waals surface area contributed by atoms with E-state index in [0.717, 1.165) is 23.7 Å². The monoisotopic (exact) mass is 239 g/mol. The summed E-state index contributed by atoms with van der Waals surface area (Å²) in [5, 5.41) is 4.01. The maximum absolute atomic E-state index is 5.87. The predicted molar refractivity (Wildman–Crippen MR) is 65.9 cm³/mol. The van der Waals surface area contributed by atoms with Crippen LogP contribution in [0.3, 0.4) is 0 Å². The Bertz CT molecular complexity index is 395. The number of amidine groups is 1. The van der Waals surface area contributed by atoms with Gasteiger partial charge < -0.3 is 15.8 Å². The van der Waals surface area contributed by atoms with E-state index in [-0.39, 0.29) is 6.04 Å². The van der Waals surface area contributed by atoms with Gasteiger partial charge in [0.1, 0.15) is 6.61 Å². The van der Waals surface area contributed by atoms with Gasteiger partial charge in [0, 0.05) is 17.3 Å². The van der Waals surface area contributed by atoms with Gasteiger partial charge in [-0.2, -0.15) is 0 Å². The normalized spacial score (nSPS) is 19.1. The van der Waals surface area contributed by atoms with E-state index in [4.69, 9.17) is 22.1 Å². The predicted octanol–water partition coefficient (Wildman–Crippen LogP) is 1.86. The summed E-state index contributed by atoms with van der Waals surface area (Å²) in [4.78, 5) is 4.14. The minimum Gasteiger partial charge on any atom is -0.463 e. The van der Waals surface area contributed by atoms with Crippen molar-refractivity contribution in [3.63, 3.8) is 0 Å². The van der Waals surface area contributed by atoms with Gasteiger partial charge in [0.2, 0.25) is 0 Å². The molecule has 1 heterocycles. The number of hydrogen-bond acceptors (Lipinski definition) is 4. The highest BCUT2D eigenvalue weighted by Gasteiger charge is 2.15. The van der Waals surface area contributed by atoms with E-state index >= 15 is 0 Å². The van der Waals surface area contributed by atoms with Gasteiger partial charge in [0.25, 0.3) is 6.02 Å². The maximum Gasteiger partial charge on any atom is 0.282 e. The van der Waals surface area contributed by atoms with Crippen molar-refractivity contribution in [2.24, 2.45) is 10.7 Å². The zero-order valence-corrected chi connectivity index (χ0v) is 9.57. The van der Waals surface area contributed by atoms with Gasteiger partial charge >= 0.3 is 0 Å². The van der Waals surface area contributed by atoms with Gasteiger partial charge in [-0.15, -0.1) is 0 Å². The van der Waals surface area contributed by atoms with E-state index in [2.05, 4.69) is 10.3 Å². The van der Waals surface area contributed by atoms with Crippen LogP contribution in [0.5, 0.6) is 0 Å². The summed E-state index contributed by atoms with van der Waals surface area (Å²) >= 11 is 5.87. The number of nitrogens with two attached hydrogens (primary N) is 1. The molecule has 1 aliphatic rings. The molecule has 0 aliphatic carbocycles. The highest BCUT2D eigenvalue weighted by atomic mass is 35.5. The molecule has 0 bridgehead atoms. The number of anilines is 1. The fourth-order valence-corrected chi connectivity index (χ4v) is 1.76. The smallest absolute Gasteiger partial charge is 0.282 e. The van der Waals surface area contributed by atoms with Crippen LogP contribution >= 0.6 is 11.6 Å². The Kier molecular flexibility index (Phi) is 3.51. The number of nitrogens with zero attached hydrogens (tertiary/aromatic N) is 1. The Morgan fingerprint density at radius 2 is 2.44 bits per heavy atom. The van der Waals surface area contributed by atoms with Gasteiger partial charge in [0.05, 0.1) is 6.04 Å². The molecular weight excluding hydrogens is 226 g/mol. The molecule has 4 nitrogen and oxygen atoms in total. The summed E-state index contributed by atoms with van der Waals surface area (Å²) in [6, 6.07) is 8.11. The first-order chi connectivity index (χ1) is 7.74. The molecule has 0 unspecified atom stereocenters. The molecule has 0 spiro atoms. The van der Waals surface area contributed by atoms with Crippen molar-refractivity contribution in [2.45, 2.75) is 12.5 Å². The summed E-state index contributed by atoms with van der Waals surface area (Å²) in [6.07, 6.45) is 0.896. The first-order valence-electron chi connectivity index (χ1n) is 5.19. The summed E-state index contributed by atoms with van der Waals surface area (Å²) in [7, 11) is 0. The van der Waals surface area contributed by atoms with Crippen LogP contribution < -0.4 is 11.1 Å². The SMILES string of the molecule is NC1=N[C@@H](CCNc2cccc(Cl)c2)CO1.